The van der Waals surface area contributed by atoms with Gasteiger partial charge >= 0.3 is 0 Å². The van der Waals surface area contributed by atoms with Gasteiger partial charge in [0.05, 0.1) is 11.7 Å². The lowest BCUT2D eigenvalue weighted by atomic mass is 9.81. The van der Waals surface area contributed by atoms with Crippen LogP contribution >= 0.6 is 11.7 Å². The molecule has 2 aliphatic heterocycles. The van der Waals surface area contributed by atoms with E-state index < -0.39 is 0 Å². The van der Waals surface area contributed by atoms with Gasteiger partial charge in [0.1, 0.15) is 16.9 Å². The van der Waals surface area contributed by atoms with E-state index in [9.17, 15) is 4.39 Å². The van der Waals surface area contributed by atoms with Gasteiger partial charge in [-0.3, -0.25) is 15.8 Å². The van der Waals surface area contributed by atoms with E-state index in [2.05, 4.69) is 42.7 Å². The zero-order chi connectivity index (χ0) is 18.9. The van der Waals surface area contributed by atoms with Gasteiger partial charge in [-0.1, -0.05) is 18.2 Å². The van der Waals surface area contributed by atoms with Crippen molar-refractivity contribution in [2.75, 3.05) is 19.6 Å². The molecule has 2 N–H and O–H groups in total. The lowest BCUT2D eigenvalue weighted by Gasteiger charge is -2.37. The number of likely N-dealkylation sites (tertiary alicyclic amines) is 1. The van der Waals surface area contributed by atoms with Crippen LogP contribution in [-0.2, 0) is 6.54 Å². The first-order valence-electron chi connectivity index (χ1n) is 9.94. The summed E-state index contributed by atoms with van der Waals surface area (Å²) in [6.45, 7) is 3.96. The molecular formula is C21H24FN5S. The lowest BCUT2D eigenvalue weighted by Crippen LogP contribution is -2.46. The number of piperidine rings is 1. The van der Waals surface area contributed by atoms with Gasteiger partial charge in [0.15, 0.2) is 0 Å². The van der Waals surface area contributed by atoms with Crippen molar-refractivity contribution in [1.82, 2.24) is 24.5 Å². The van der Waals surface area contributed by atoms with Gasteiger partial charge in [-0.25, -0.2) is 4.39 Å². The summed E-state index contributed by atoms with van der Waals surface area (Å²) >= 11 is 1.27. The third kappa shape index (κ3) is 3.67. The molecule has 5 nitrogen and oxygen atoms in total. The standard InChI is InChI=1S/C21H24FN5S/c22-17-5-1-3-15(10-17)18-11-23-24-21(18)16-4-2-8-27(13-16)12-14-6-7-19-20(9-14)26-28-25-19/h1,3,5-7,9-10,16,18,21,23-24H,2,4,8,11-13H2. The van der Waals surface area contributed by atoms with Crippen LogP contribution in [0.3, 0.4) is 0 Å². The van der Waals surface area contributed by atoms with Crippen LogP contribution < -0.4 is 10.9 Å². The van der Waals surface area contributed by atoms with E-state index in [4.69, 9.17) is 0 Å². The van der Waals surface area contributed by atoms with Gasteiger partial charge in [-0.05, 0) is 60.7 Å². The molecule has 2 aromatic carbocycles. The topological polar surface area (TPSA) is 53.1 Å². The number of nitrogens with one attached hydrogen (secondary N) is 2. The molecule has 0 radical (unpaired) electrons. The third-order valence-corrected chi connectivity index (χ3v) is 6.63. The minimum absolute atomic E-state index is 0.152. The molecule has 2 saturated heterocycles. The molecule has 0 bridgehead atoms. The van der Waals surface area contributed by atoms with Gasteiger partial charge < -0.3 is 0 Å². The highest BCUT2D eigenvalue weighted by molar-refractivity contribution is 7.00. The fraction of sp³-hybridized carbons (Fsp3) is 0.429. The first kappa shape index (κ1) is 18.1. The summed E-state index contributed by atoms with van der Waals surface area (Å²) in [5.41, 5.74) is 11.1. The number of aromatic nitrogens is 2. The lowest BCUT2D eigenvalue weighted by molar-refractivity contribution is 0.139. The maximum Gasteiger partial charge on any atom is 0.123 e. The van der Waals surface area contributed by atoms with Crippen molar-refractivity contribution in [3.05, 3.63) is 59.4 Å². The number of hydrazine groups is 1. The molecule has 28 heavy (non-hydrogen) atoms. The van der Waals surface area contributed by atoms with Crippen LogP contribution in [0.2, 0.25) is 0 Å². The normalized spacial score (nSPS) is 26.1. The summed E-state index contributed by atoms with van der Waals surface area (Å²) in [6, 6.07) is 13.8. The van der Waals surface area contributed by atoms with Crippen LogP contribution in [0, 0.1) is 11.7 Å². The number of fused-ring (bicyclic) bond motifs is 1. The van der Waals surface area contributed by atoms with Crippen LogP contribution in [0.4, 0.5) is 4.39 Å². The van der Waals surface area contributed by atoms with Crippen LogP contribution in [0.1, 0.15) is 29.9 Å². The second-order valence-electron chi connectivity index (χ2n) is 7.94. The zero-order valence-corrected chi connectivity index (χ0v) is 16.5. The Bertz CT molecular complexity index is 961. The molecule has 7 heteroatoms. The molecule has 0 amide bonds. The van der Waals surface area contributed by atoms with Crippen LogP contribution in [0.25, 0.3) is 11.0 Å². The second-order valence-corrected chi connectivity index (χ2v) is 8.47. The summed E-state index contributed by atoms with van der Waals surface area (Å²) in [7, 11) is 0. The number of nitrogens with zero attached hydrogens (tertiary/aromatic N) is 3. The summed E-state index contributed by atoms with van der Waals surface area (Å²) < 4.78 is 22.4. The van der Waals surface area contributed by atoms with E-state index in [1.54, 1.807) is 6.07 Å². The van der Waals surface area contributed by atoms with Gasteiger partial charge in [-0.2, -0.15) is 8.75 Å². The van der Waals surface area contributed by atoms with Gasteiger partial charge in [0, 0.05) is 31.6 Å². The van der Waals surface area contributed by atoms with E-state index >= 15 is 0 Å². The smallest absolute Gasteiger partial charge is 0.123 e. The Morgan fingerprint density at radius 2 is 2.07 bits per heavy atom. The number of hydrogen-bond donors (Lipinski definition) is 2. The molecule has 3 atom stereocenters. The van der Waals surface area contributed by atoms with E-state index in [0.29, 0.717) is 17.9 Å². The van der Waals surface area contributed by atoms with Crippen molar-refractivity contribution < 1.29 is 4.39 Å². The highest BCUT2D eigenvalue weighted by atomic mass is 32.1. The van der Waals surface area contributed by atoms with Crippen LogP contribution in [0.5, 0.6) is 0 Å². The van der Waals surface area contributed by atoms with E-state index in [1.165, 1.54) is 36.2 Å². The first-order chi connectivity index (χ1) is 13.8. The van der Waals surface area contributed by atoms with Gasteiger partial charge in [-0.15, -0.1) is 0 Å². The van der Waals surface area contributed by atoms with Crippen molar-refractivity contribution in [1.29, 1.82) is 0 Å². The maximum atomic E-state index is 13.7. The zero-order valence-electron chi connectivity index (χ0n) is 15.6. The average molecular weight is 398 g/mol. The number of rotatable bonds is 4. The van der Waals surface area contributed by atoms with Crippen molar-refractivity contribution in [3.8, 4) is 0 Å². The van der Waals surface area contributed by atoms with E-state index in [-0.39, 0.29) is 5.82 Å². The molecule has 3 heterocycles. The Kier molecular flexibility index (Phi) is 5.07. The van der Waals surface area contributed by atoms with Crippen molar-refractivity contribution >= 4 is 22.8 Å². The van der Waals surface area contributed by atoms with Crippen molar-refractivity contribution in [2.24, 2.45) is 5.92 Å². The Morgan fingerprint density at radius 3 is 3.00 bits per heavy atom. The Hall–Kier alpha value is -1.93. The fourth-order valence-corrected chi connectivity index (χ4v) is 5.25. The highest BCUT2D eigenvalue weighted by Crippen LogP contribution is 2.32. The number of benzene rings is 2. The van der Waals surface area contributed by atoms with E-state index in [1.807, 2.05) is 12.1 Å². The molecule has 0 saturated carbocycles. The minimum Gasteiger partial charge on any atom is -0.299 e. The Labute approximate surface area is 168 Å². The van der Waals surface area contributed by atoms with Crippen molar-refractivity contribution in [3.63, 3.8) is 0 Å². The fourth-order valence-electron chi connectivity index (χ4n) is 4.74. The Balaban J connectivity index is 1.29. The molecular weight excluding hydrogens is 373 g/mol. The van der Waals surface area contributed by atoms with Gasteiger partial charge in [0.25, 0.3) is 0 Å². The largest absolute Gasteiger partial charge is 0.299 e. The number of hydrogen-bond acceptors (Lipinski definition) is 6. The Morgan fingerprint density at radius 1 is 1.14 bits per heavy atom. The highest BCUT2D eigenvalue weighted by Gasteiger charge is 2.36. The molecule has 5 rings (SSSR count). The molecule has 3 aromatic rings. The predicted octanol–water partition coefficient (Wildman–Crippen LogP) is 3.30. The van der Waals surface area contributed by atoms with Crippen molar-refractivity contribution in [2.45, 2.75) is 31.3 Å². The molecule has 1 aromatic heterocycles. The quantitative estimate of drug-likeness (QED) is 0.708. The maximum absolute atomic E-state index is 13.7. The number of halogens is 1. The minimum atomic E-state index is -0.152. The molecule has 0 spiro atoms. The van der Waals surface area contributed by atoms with Crippen LogP contribution in [0.15, 0.2) is 42.5 Å². The third-order valence-electron chi connectivity index (χ3n) is 6.08. The SMILES string of the molecule is Fc1cccc(C2CNNC2C2CCCN(Cc3ccc4nsnc4c3)C2)c1. The van der Waals surface area contributed by atoms with E-state index in [0.717, 1.165) is 42.8 Å². The molecule has 3 unspecified atom stereocenters. The average Bonchev–Trinajstić information content (AvgIpc) is 3.37. The summed E-state index contributed by atoms with van der Waals surface area (Å²) in [5, 5.41) is 0. The monoisotopic (exact) mass is 397 g/mol. The van der Waals surface area contributed by atoms with Gasteiger partial charge in [0.2, 0.25) is 0 Å². The first-order valence-corrected chi connectivity index (χ1v) is 10.7. The molecule has 146 valence electrons. The predicted molar refractivity (Wildman–Crippen MR) is 109 cm³/mol. The molecule has 2 fully saturated rings. The summed E-state index contributed by atoms with van der Waals surface area (Å²) in [5.74, 6) is 0.695. The molecule has 2 aliphatic rings. The van der Waals surface area contributed by atoms with Crippen LogP contribution in [-0.4, -0.2) is 39.3 Å². The summed E-state index contributed by atoms with van der Waals surface area (Å²) in [4.78, 5) is 2.54. The second kappa shape index (κ2) is 7.83. The molecule has 0 aliphatic carbocycles. The summed E-state index contributed by atoms with van der Waals surface area (Å²) in [6.07, 6.45) is 2.40.